The van der Waals surface area contributed by atoms with Gasteiger partial charge in [-0.05, 0) is 70.1 Å². The fourth-order valence-corrected chi connectivity index (χ4v) is 8.57. The molecule has 0 saturated heterocycles. The SMILES string of the molecule is CCc1nc2c3c(-c4ccc(-c5nc(-c6cccc(-c7ccccc7)c6)cc(-c6cccc(-c7ccccc7)c6)n5)cc4)nc4ccccc4c3ccc2n1-c1ccccc1. The van der Waals surface area contributed by atoms with Gasteiger partial charge >= 0.3 is 0 Å². The number of para-hydroxylation sites is 2. The van der Waals surface area contributed by atoms with E-state index in [0.717, 1.165) is 112 Å². The fourth-order valence-electron chi connectivity index (χ4n) is 8.57. The molecule has 0 radical (unpaired) electrons. The summed E-state index contributed by atoms with van der Waals surface area (Å²) in [6, 6.07) is 72.2. The van der Waals surface area contributed by atoms with Gasteiger partial charge in [-0.1, -0.05) is 171 Å². The maximum Gasteiger partial charge on any atom is 0.160 e. The van der Waals surface area contributed by atoms with E-state index in [1.54, 1.807) is 0 Å². The van der Waals surface area contributed by atoms with Crippen molar-refractivity contribution in [3.05, 3.63) is 212 Å². The van der Waals surface area contributed by atoms with Crippen molar-refractivity contribution in [2.24, 2.45) is 0 Å². The van der Waals surface area contributed by atoms with Gasteiger partial charge in [0.25, 0.3) is 0 Å². The van der Waals surface area contributed by atoms with Crippen molar-refractivity contribution in [2.75, 3.05) is 0 Å². The van der Waals surface area contributed by atoms with Crippen molar-refractivity contribution < 1.29 is 0 Å². The van der Waals surface area contributed by atoms with Crippen molar-refractivity contribution in [3.8, 4) is 73.1 Å². The van der Waals surface area contributed by atoms with E-state index in [0.29, 0.717) is 5.82 Å². The highest BCUT2D eigenvalue weighted by atomic mass is 15.1. The van der Waals surface area contributed by atoms with Crippen LogP contribution < -0.4 is 0 Å². The van der Waals surface area contributed by atoms with Gasteiger partial charge in [0, 0.05) is 45.1 Å². The van der Waals surface area contributed by atoms with Crippen LogP contribution in [-0.4, -0.2) is 24.5 Å². The van der Waals surface area contributed by atoms with Gasteiger partial charge < -0.3 is 0 Å². The second-order valence-electron chi connectivity index (χ2n) is 15.3. The largest absolute Gasteiger partial charge is 0.296 e. The van der Waals surface area contributed by atoms with Gasteiger partial charge in [-0.25, -0.2) is 19.9 Å². The van der Waals surface area contributed by atoms with Crippen LogP contribution in [0.1, 0.15) is 12.7 Å². The zero-order chi connectivity index (χ0) is 40.7. The van der Waals surface area contributed by atoms with E-state index in [4.69, 9.17) is 19.9 Å². The van der Waals surface area contributed by atoms with E-state index in [-0.39, 0.29) is 0 Å². The lowest BCUT2D eigenvalue weighted by Gasteiger charge is -2.13. The molecule has 5 nitrogen and oxygen atoms in total. The zero-order valence-electron chi connectivity index (χ0n) is 33.6. The van der Waals surface area contributed by atoms with Crippen molar-refractivity contribution in [1.82, 2.24) is 24.5 Å². The molecule has 288 valence electrons. The summed E-state index contributed by atoms with van der Waals surface area (Å²) in [5.74, 6) is 1.67. The van der Waals surface area contributed by atoms with Gasteiger partial charge in [-0.15, -0.1) is 0 Å². The number of hydrogen-bond acceptors (Lipinski definition) is 4. The van der Waals surface area contributed by atoms with Crippen molar-refractivity contribution >= 4 is 32.7 Å². The summed E-state index contributed by atoms with van der Waals surface area (Å²) >= 11 is 0. The van der Waals surface area contributed by atoms with Crippen LogP contribution in [0.15, 0.2) is 206 Å². The van der Waals surface area contributed by atoms with Gasteiger partial charge in [0.05, 0.1) is 33.6 Å². The molecule has 11 rings (SSSR count). The minimum atomic E-state index is 0.655. The van der Waals surface area contributed by atoms with Crippen molar-refractivity contribution in [1.29, 1.82) is 0 Å². The Hall–Kier alpha value is -8.02. The van der Waals surface area contributed by atoms with Crippen LogP contribution in [0.4, 0.5) is 0 Å². The summed E-state index contributed by atoms with van der Waals surface area (Å²) in [7, 11) is 0. The lowest BCUT2D eigenvalue weighted by Crippen LogP contribution is -1.99. The molecule has 0 saturated carbocycles. The van der Waals surface area contributed by atoms with Gasteiger partial charge in [0.15, 0.2) is 5.82 Å². The van der Waals surface area contributed by atoms with E-state index in [1.807, 2.05) is 12.1 Å². The van der Waals surface area contributed by atoms with E-state index in [1.165, 1.54) is 0 Å². The third-order valence-corrected chi connectivity index (χ3v) is 11.6. The summed E-state index contributed by atoms with van der Waals surface area (Å²) in [4.78, 5) is 21.2. The van der Waals surface area contributed by atoms with E-state index < -0.39 is 0 Å². The summed E-state index contributed by atoms with van der Waals surface area (Å²) in [6.07, 6.45) is 0.796. The third-order valence-electron chi connectivity index (χ3n) is 11.6. The molecule has 0 spiro atoms. The number of aromatic nitrogens is 5. The second-order valence-corrected chi connectivity index (χ2v) is 15.3. The highest BCUT2D eigenvalue weighted by Gasteiger charge is 2.20. The first-order chi connectivity index (χ1) is 30.2. The highest BCUT2D eigenvalue weighted by molar-refractivity contribution is 6.20. The molecule has 3 aromatic heterocycles. The van der Waals surface area contributed by atoms with Crippen LogP contribution in [0.25, 0.3) is 106 Å². The molecule has 0 amide bonds. The topological polar surface area (TPSA) is 56.5 Å². The Kier molecular flexibility index (Phi) is 9.05. The molecule has 8 aromatic carbocycles. The number of imidazole rings is 1. The van der Waals surface area contributed by atoms with Gasteiger partial charge in [-0.3, -0.25) is 4.57 Å². The lowest BCUT2D eigenvalue weighted by molar-refractivity contribution is 0.908. The number of benzene rings is 8. The number of nitrogens with zero attached hydrogens (tertiary/aromatic N) is 5. The van der Waals surface area contributed by atoms with E-state index in [2.05, 4.69) is 206 Å². The maximum atomic E-state index is 5.36. The smallest absolute Gasteiger partial charge is 0.160 e. The summed E-state index contributed by atoms with van der Waals surface area (Å²) in [5, 5.41) is 3.29. The second kappa shape index (κ2) is 15.3. The Morgan fingerprint density at radius 2 is 0.934 bits per heavy atom. The number of aryl methyl sites for hydroxylation is 1. The first-order valence-electron chi connectivity index (χ1n) is 20.8. The molecule has 61 heavy (non-hydrogen) atoms. The zero-order valence-corrected chi connectivity index (χ0v) is 33.6. The molecule has 0 aliphatic carbocycles. The Balaban J connectivity index is 1.07. The third kappa shape index (κ3) is 6.63. The maximum absolute atomic E-state index is 5.36. The van der Waals surface area contributed by atoms with E-state index in [9.17, 15) is 0 Å². The predicted octanol–water partition coefficient (Wildman–Crippen LogP) is 14.1. The average molecular weight is 782 g/mol. The van der Waals surface area contributed by atoms with Crippen LogP contribution in [0, 0.1) is 0 Å². The molecule has 3 heterocycles. The monoisotopic (exact) mass is 781 g/mol. The lowest BCUT2D eigenvalue weighted by atomic mass is 9.97. The first kappa shape index (κ1) is 36.1. The van der Waals surface area contributed by atoms with Crippen LogP contribution >= 0.6 is 0 Å². The average Bonchev–Trinajstić information content (AvgIpc) is 3.74. The van der Waals surface area contributed by atoms with E-state index >= 15 is 0 Å². The molecular formula is C56H39N5. The quantitative estimate of drug-likeness (QED) is 0.144. The molecule has 5 heteroatoms. The summed E-state index contributed by atoms with van der Waals surface area (Å²) in [5.41, 5.74) is 15.3. The number of rotatable bonds is 8. The standard InChI is InChI=1S/C56H39N5/c1-2-52-60-55-51(61(52)45-24-10-5-11-25-45)33-32-47-46-26-12-13-27-48(46)57-54(53(47)55)39-28-30-40(31-29-39)56-58-49(43-22-14-20-41(34-43)37-16-6-3-7-17-37)36-50(59-56)44-23-15-21-42(35-44)38-18-8-4-9-19-38/h3-36H,2H2,1H3. The number of hydrogen-bond donors (Lipinski definition) is 0. The Bertz CT molecular complexity index is 3270. The fraction of sp³-hybridized carbons (Fsp3) is 0.0357. The molecule has 0 N–H and O–H groups in total. The molecule has 0 fully saturated rings. The number of fused-ring (bicyclic) bond motifs is 5. The molecule has 0 aliphatic heterocycles. The Labute approximate surface area is 354 Å². The molecule has 0 bridgehead atoms. The van der Waals surface area contributed by atoms with Gasteiger partial charge in [0.2, 0.25) is 0 Å². The van der Waals surface area contributed by atoms with Crippen molar-refractivity contribution in [3.63, 3.8) is 0 Å². The van der Waals surface area contributed by atoms with Crippen LogP contribution in [-0.2, 0) is 6.42 Å². The molecular weight excluding hydrogens is 743 g/mol. The summed E-state index contributed by atoms with van der Waals surface area (Å²) in [6.45, 7) is 2.17. The number of pyridine rings is 1. The van der Waals surface area contributed by atoms with Crippen LogP contribution in [0.2, 0.25) is 0 Å². The van der Waals surface area contributed by atoms with Crippen LogP contribution in [0.5, 0.6) is 0 Å². The molecule has 11 aromatic rings. The molecule has 0 aliphatic rings. The minimum absolute atomic E-state index is 0.655. The Morgan fingerprint density at radius 1 is 0.393 bits per heavy atom. The highest BCUT2D eigenvalue weighted by Crippen LogP contribution is 2.39. The summed E-state index contributed by atoms with van der Waals surface area (Å²) < 4.78 is 2.28. The Morgan fingerprint density at radius 3 is 1.56 bits per heavy atom. The van der Waals surface area contributed by atoms with Crippen molar-refractivity contribution in [2.45, 2.75) is 13.3 Å². The molecule has 0 atom stereocenters. The minimum Gasteiger partial charge on any atom is -0.296 e. The molecule has 0 unspecified atom stereocenters. The van der Waals surface area contributed by atoms with Crippen LogP contribution in [0.3, 0.4) is 0 Å². The normalized spacial score (nSPS) is 11.4. The first-order valence-corrected chi connectivity index (χ1v) is 20.8. The van der Waals surface area contributed by atoms with Gasteiger partial charge in [0.1, 0.15) is 5.82 Å². The predicted molar refractivity (Wildman–Crippen MR) is 251 cm³/mol. The van der Waals surface area contributed by atoms with Gasteiger partial charge in [-0.2, -0.15) is 0 Å².